The summed E-state index contributed by atoms with van der Waals surface area (Å²) in [6.45, 7) is 4.90. The lowest BCUT2D eigenvalue weighted by Crippen LogP contribution is -1.93. The average molecular weight is 202 g/mol. The number of hydrogen-bond donors (Lipinski definition) is 1. The summed E-state index contributed by atoms with van der Waals surface area (Å²) in [6, 6.07) is 1.80. The van der Waals surface area contributed by atoms with E-state index in [1.807, 2.05) is 17.8 Å². The highest BCUT2D eigenvalue weighted by atomic mass is 15.3. The molecule has 4 heteroatoms. The lowest BCUT2D eigenvalue weighted by Gasteiger charge is -2.01. The Labute approximate surface area is 88.8 Å². The normalized spacial score (nSPS) is 10.5. The number of rotatable bonds is 2. The van der Waals surface area contributed by atoms with Crippen molar-refractivity contribution in [1.29, 1.82) is 0 Å². The largest absolute Gasteiger partial charge is 0.398 e. The van der Waals surface area contributed by atoms with Crippen molar-refractivity contribution in [3.8, 4) is 11.1 Å². The quantitative estimate of drug-likeness (QED) is 0.808. The van der Waals surface area contributed by atoms with Gasteiger partial charge in [-0.2, -0.15) is 5.10 Å². The SMILES string of the molecule is CCn1cc(-c2cnccc2N)c(C)n1. The first-order chi connectivity index (χ1) is 7.22. The summed E-state index contributed by atoms with van der Waals surface area (Å²) in [5.41, 5.74) is 9.63. The number of aromatic nitrogens is 3. The van der Waals surface area contributed by atoms with Crippen molar-refractivity contribution in [2.75, 3.05) is 5.73 Å². The second kappa shape index (κ2) is 3.73. The molecular formula is C11H14N4. The maximum absolute atomic E-state index is 5.90. The van der Waals surface area contributed by atoms with Crippen molar-refractivity contribution in [2.24, 2.45) is 0 Å². The molecule has 0 atom stereocenters. The first kappa shape index (κ1) is 9.71. The highest BCUT2D eigenvalue weighted by Crippen LogP contribution is 2.26. The molecule has 0 aliphatic carbocycles. The minimum absolute atomic E-state index is 0.740. The number of anilines is 1. The lowest BCUT2D eigenvalue weighted by atomic mass is 10.1. The van der Waals surface area contributed by atoms with Crippen LogP contribution in [0.15, 0.2) is 24.7 Å². The van der Waals surface area contributed by atoms with E-state index in [0.29, 0.717) is 0 Å². The number of hydrogen-bond acceptors (Lipinski definition) is 3. The molecule has 0 aromatic carbocycles. The zero-order chi connectivity index (χ0) is 10.8. The second-order valence-electron chi connectivity index (χ2n) is 3.45. The van der Waals surface area contributed by atoms with Crippen LogP contribution in [0.4, 0.5) is 5.69 Å². The molecule has 15 heavy (non-hydrogen) atoms. The van der Waals surface area contributed by atoms with E-state index >= 15 is 0 Å². The fraction of sp³-hybridized carbons (Fsp3) is 0.273. The van der Waals surface area contributed by atoms with Gasteiger partial charge in [0, 0.05) is 41.9 Å². The molecule has 0 saturated carbocycles. The lowest BCUT2D eigenvalue weighted by molar-refractivity contribution is 0.653. The third-order valence-corrected chi connectivity index (χ3v) is 2.42. The highest BCUT2D eigenvalue weighted by molar-refractivity contribution is 5.76. The van der Waals surface area contributed by atoms with Crippen molar-refractivity contribution in [1.82, 2.24) is 14.8 Å². The maximum Gasteiger partial charge on any atom is 0.0673 e. The third-order valence-electron chi connectivity index (χ3n) is 2.42. The highest BCUT2D eigenvalue weighted by Gasteiger charge is 2.09. The van der Waals surface area contributed by atoms with Crippen LogP contribution in [-0.2, 0) is 6.54 Å². The second-order valence-corrected chi connectivity index (χ2v) is 3.45. The minimum atomic E-state index is 0.740. The number of nitrogens with zero attached hydrogens (tertiary/aromatic N) is 3. The number of nitrogens with two attached hydrogens (primary N) is 1. The van der Waals surface area contributed by atoms with E-state index in [1.54, 1.807) is 18.5 Å². The molecule has 0 aliphatic heterocycles. The summed E-state index contributed by atoms with van der Waals surface area (Å²) in [6.07, 6.45) is 5.47. The van der Waals surface area contributed by atoms with Gasteiger partial charge in [0.2, 0.25) is 0 Å². The van der Waals surface area contributed by atoms with Crippen LogP contribution in [0.3, 0.4) is 0 Å². The van der Waals surface area contributed by atoms with Crippen LogP contribution in [-0.4, -0.2) is 14.8 Å². The molecule has 2 aromatic heterocycles. The predicted octanol–water partition coefficient (Wildman–Crippen LogP) is 1.86. The van der Waals surface area contributed by atoms with Crippen LogP contribution in [0.2, 0.25) is 0 Å². The van der Waals surface area contributed by atoms with Crippen molar-refractivity contribution >= 4 is 5.69 Å². The van der Waals surface area contributed by atoms with E-state index in [-0.39, 0.29) is 0 Å². The predicted molar refractivity (Wildman–Crippen MR) is 60.3 cm³/mol. The van der Waals surface area contributed by atoms with Gasteiger partial charge in [0.05, 0.1) is 5.69 Å². The van der Waals surface area contributed by atoms with Gasteiger partial charge in [-0.1, -0.05) is 0 Å². The van der Waals surface area contributed by atoms with Gasteiger partial charge in [-0.25, -0.2) is 0 Å². The van der Waals surface area contributed by atoms with Crippen LogP contribution in [0.5, 0.6) is 0 Å². The van der Waals surface area contributed by atoms with Gasteiger partial charge in [0.25, 0.3) is 0 Å². The topological polar surface area (TPSA) is 56.7 Å². The zero-order valence-corrected chi connectivity index (χ0v) is 8.94. The molecule has 0 aliphatic rings. The monoisotopic (exact) mass is 202 g/mol. The van der Waals surface area contributed by atoms with Gasteiger partial charge in [0.1, 0.15) is 0 Å². The Kier molecular flexibility index (Phi) is 2.41. The summed E-state index contributed by atoms with van der Waals surface area (Å²) < 4.78 is 1.90. The fourth-order valence-electron chi connectivity index (χ4n) is 1.57. The Bertz CT molecular complexity index is 473. The Balaban J connectivity index is 2.54. The fourth-order valence-corrected chi connectivity index (χ4v) is 1.57. The summed E-state index contributed by atoms with van der Waals surface area (Å²) >= 11 is 0. The van der Waals surface area contributed by atoms with Crippen molar-refractivity contribution in [3.63, 3.8) is 0 Å². The summed E-state index contributed by atoms with van der Waals surface area (Å²) in [7, 11) is 0. The number of pyridine rings is 1. The Hall–Kier alpha value is -1.84. The Morgan fingerprint density at radius 3 is 2.80 bits per heavy atom. The molecular weight excluding hydrogens is 188 g/mol. The molecule has 0 amide bonds. The van der Waals surface area contributed by atoms with E-state index in [0.717, 1.165) is 29.1 Å². The van der Waals surface area contributed by atoms with Gasteiger partial charge in [-0.05, 0) is 19.9 Å². The third kappa shape index (κ3) is 1.70. The van der Waals surface area contributed by atoms with E-state index in [2.05, 4.69) is 17.0 Å². The van der Waals surface area contributed by atoms with Crippen LogP contribution in [0.25, 0.3) is 11.1 Å². The molecule has 0 saturated heterocycles. The Morgan fingerprint density at radius 1 is 1.40 bits per heavy atom. The molecule has 2 heterocycles. The summed E-state index contributed by atoms with van der Waals surface area (Å²) in [5.74, 6) is 0. The average Bonchev–Trinajstić information content (AvgIpc) is 2.60. The molecule has 2 N–H and O–H groups in total. The summed E-state index contributed by atoms with van der Waals surface area (Å²) in [4.78, 5) is 4.08. The first-order valence-electron chi connectivity index (χ1n) is 4.96. The van der Waals surface area contributed by atoms with Crippen molar-refractivity contribution in [2.45, 2.75) is 20.4 Å². The van der Waals surface area contributed by atoms with Crippen molar-refractivity contribution < 1.29 is 0 Å². The molecule has 78 valence electrons. The van der Waals surface area contributed by atoms with Crippen LogP contribution in [0.1, 0.15) is 12.6 Å². The van der Waals surface area contributed by atoms with Gasteiger partial charge in [-0.15, -0.1) is 0 Å². The van der Waals surface area contributed by atoms with Gasteiger partial charge >= 0.3 is 0 Å². The molecule has 4 nitrogen and oxygen atoms in total. The molecule has 0 unspecified atom stereocenters. The molecule has 0 radical (unpaired) electrons. The zero-order valence-electron chi connectivity index (χ0n) is 8.94. The first-order valence-corrected chi connectivity index (χ1v) is 4.96. The van der Waals surface area contributed by atoms with E-state index in [1.165, 1.54) is 0 Å². The molecule has 0 fully saturated rings. The number of aryl methyl sites for hydroxylation is 2. The molecule has 0 bridgehead atoms. The molecule has 0 spiro atoms. The standard InChI is InChI=1S/C11H14N4/c1-3-15-7-10(8(2)14-15)9-6-13-5-4-11(9)12/h4-7H,3H2,1-2H3,(H2,12,13). The van der Waals surface area contributed by atoms with E-state index in [4.69, 9.17) is 5.73 Å². The van der Waals surface area contributed by atoms with E-state index < -0.39 is 0 Å². The molecule has 2 aromatic rings. The summed E-state index contributed by atoms with van der Waals surface area (Å²) in [5, 5.41) is 4.38. The molecule has 2 rings (SSSR count). The smallest absolute Gasteiger partial charge is 0.0673 e. The number of nitrogen functional groups attached to an aromatic ring is 1. The van der Waals surface area contributed by atoms with Gasteiger partial charge < -0.3 is 5.73 Å². The van der Waals surface area contributed by atoms with Gasteiger partial charge in [-0.3, -0.25) is 9.67 Å². The van der Waals surface area contributed by atoms with E-state index in [9.17, 15) is 0 Å². The Morgan fingerprint density at radius 2 is 2.20 bits per heavy atom. The van der Waals surface area contributed by atoms with Crippen molar-refractivity contribution in [3.05, 3.63) is 30.4 Å². The van der Waals surface area contributed by atoms with Crippen LogP contribution < -0.4 is 5.73 Å². The van der Waals surface area contributed by atoms with Gasteiger partial charge in [0.15, 0.2) is 0 Å². The maximum atomic E-state index is 5.90. The van der Waals surface area contributed by atoms with Crippen LogP contribution in [0, 0.1) is 6.92 Å². The van der Waals surface area contributed by atoms with Crippen LogP contribution >= 0.6 is 0 Å². The minimum Gasteiger partial charge on any atom is -0.398 e.